The molecule has 0 saturated carbocycles. The monoisotopic (exact) mass is 293 g/mol. The van der Waals surface area contributed by atoms with Gasteiger partial charge in [-0.25, -0.2) is 4.79 Å². The van der Waals surface area contributed by atoms with E-state index in [1.165, 1.54) is 6.92 Å². The predicted molar refractivity (Wildman–Crippen MR) is 73.3 cm³/mol. The van der Waals surface area contributed by atoms with Crippen molar-refractivity contribution in [2.45, 2.75) is 13.0 Å². The SMILES string of the molecule is C[C@H](Oc1ccc(/C=C2\SC(=O)NC2=O)cc1)C(=O)O. The second-order valence-electron chi connectivity index (χ2n) is 4.02. The summed E-state index contributed by atoms with van der Waals surface area (Å²) in [6, 6.07) is 6.55. The fourth-order valence-electron chi connectivity index (χ4n) is 1.47. The minimum Gasteiger partial charge on any atom is -0.479 e. The molecule has 0 radical (unpaired) electrons. The largest absolute Gasteiger partial charge is 0.479 e. The number of carboxylic acid groups (broad SMARTS) is 1. The van der Waals surface area contributed by atoms with E-state index >= 15 is 0 Å². The van der Waals surface area contributed by atoms with Crippen LogP contribution in [0.1, 0.15) is 12.5 Å². The zero-order chi connectivity index (χ0) is 14.7. The first-order valence-electron chi connectivity index (χ1n) is 5.70. The molecule has 0 bridgehead atoms. The molecule has 7 heteroatoms. The minimum absolute atomic E-state index is 0.322. The first-order chi connectivity index (χ1) is 9.45. The van der Waals surface area contributed by atoms with Gasteiger partial charge >= 0.3 is 5.97 Å². The van der Waals surface area contributed by atoms with Gasteiger partial charge in [0.05, 0.1) is 4.91 Å². The molecule has 0 unspecified atom stereocenters. The number of carbonyl (C=O) groups is 3. The number of ether oxygens (including phenoxy) is 1. The molecule has 2 amide bonds. The van der Waals surface area contributed by atoms with Gasteiger partial charge in [0.15, 0.2) is 6.10 Å². The van der Waals surface area contributed by atoms with Crippen molar-refractivity contribution in [2.75, 3.05) is 0 Å². The molecule has 1 fully saturated rings. The van der Waals surface area contributed by atoms with Crippen LogP contribution in [0.3, 0.4) is 0 Å². The van der Waals surface area contributed by atoms with Gasteiger partial charge in [-0.1, -0.05) is 12.1 Å². The van der Waals surface area contributed by atoms with Gasteiger partial charge in [-0.2, -0.15) is 0 Å². The Balaban J connectivity index is 2.09. The first kappa shape index (κ1) is 14.1. The Morgan fingerprint density at radius 1 is 1.35 bits per heavy atom. The molecule has 1 saturated heterocycles. The summed E-state index contributed by atoms with van der Waals surface area (Å²) in [5.41, 5.74) is 0.715. The van der Waals surface area contributed by atoms with E-state index in [0.717, 1.165) is 11.8 Å². The van der Waals surface area contributed by atoms with Gasteiger partial charge in [0.2, 0.25) is 0 Å². The molecule has 2 rings (SSSR count). The molecule has 1 atom stereocenters. The summed E-state index contributed by atoms with van der Waals surface area (Å²) in [4.78, 5) is 33.3. The second-order valence-corrected chi connectivity index (χ2v) is 5.03. The molecule has 1 aliphatic heterocycles. The summed E-state index contributed by atoms with van der Waals surface area (Å²) in [6.07, 6.45) is 0.642. The van der Waals surface area contributed by atoms with E-state index < -0.39 is 23.2 Å². The van der Waals surface area contributed by atoms with Crippen molar-refractivity contribution in [3.63, 3.8) is 0 Å². The van der Waals surface area contributed by atoms with Crippen LogP contribution in [0.5, 0.6) is 5.75 Å². The summed E-state index contributed by atoms with van der Waals surface area (Å²) in [5, 5.41) is 10.5. The molecular weight excluding hydrogens is 282 g/mol. The molecule has 1 heterocycles. The molecule has 0 spiro atoms. The molecular formula is C13H11NO5S. The number of hydrogen-bond acceptors (Lipinski definition) is 5. The smallest absolute Gasteiger partial charge is 0.344 e. The van der Waals surface area contributed by atoms with Crippen LogP contribution in [0.15, 0.2) is 29.2 Å². The van der Waals surface area contributed by atoms with Crippen molar-refractivity contribution in [2.24, 2.45) is 0 Å². The number of imide groups is 1. The molecule has 2 N–H and O–H groups in total. The van der Waals surface area contributed by atoms with Crippen molar-refractivity contribution < 1.29 is 24.2 Å². The van der Waals surface area contributed by atoms with Gasteiger partial charge in [0.25, 0.3) is 11.1 Å². The molecule has 1 aliphatic rings. The molecule has 104 valence electrons. The van der Waals surface area contributed by atoms with Gasteiger partial charge in [-0.05, 0) is 42.5 Å². The standard InChI is InChI=1S/C13H11NO5S/c1-7(12(16)17)19-9-4-2-8(3-5-9)6-10-11(15)14-13(18)20-10/h2-7H,1H3,(H,16,17)(H,14,15,18)/b10-6-/t7-/m0/s1. The third kappa shape index (κ3) is 3.39. The number of carboxylic acids is 1. The van der Waals surface area contributed by atoms with E-state index in [2.05, 4.69) is 5.32 Å². The van der Waals surface area contributed by atoms with Gasteiger partial charge in [0, 0.05) is 0 Å². The minimum atomic E-state index is -1.05. The number of carbonyl (C=O) groups excluding carboxylic acids is 2. The highest BCUT2D eigenvalue weighted by Gasteiger charge is 2.24. The number of nitrogens with one attached hydrogen (secondary N) is 1. The number of hydrogen-bond donors (Lipinski definition) is 2. The summed E-state index contributed by atoms with van der Waals surface area (Å²) in [7, 11) is 0. The molecule has 20 heavy (non-hydrogen) atoms. The maximum Gasteiger partial charge on any atom is 0.344 e. The van der Waals surface area contributed by atoms with Gasteiger partial charge in [-0.3, -0.25) is 14.9 Å². The fraction of sp³-hybridized carbons (Fsp3) is 0.154. The number of rotatable bonds is 4. The van der Waals surface area contributed by atoms with Crippen LogP contribution >= 0.6 is 11.8 Å². The Morgan fingerprint density at radius 3 is 2.50 bits per heavy atom. The summed E-state index contributed by atoms with van der Waals surface area (Å²) in [6.45, 7) is 1.43. The number of benzene rings is 1. The average molecular weight is 293 g/mol. The maximum absolute atomic E-state index is 11.4. The third-order valence-electron chi connectivity index (χ3n) is 2.48. The fourth-order valence-corrected chi connectivity index (χ4v) is 2.15. The summed E-state index contributed by atoms with van der Waals surface area (Å²) in [5.74, 6) is -1.05. The van der Waals surface area contributed by atoms with Crippen LogP contribution in [0, 0.1) is 0 Å². The van der Waals surface area contributed by atoms with Crippen molar-refractivity contribution in [1.29, 1.82) is 0 Å². The van der Waals surface area contributed by atoms with Gasteiger partial charge in [-0.15, -0.1) is 0 Å². The van der Waals surface area contributed by atoms with E-state index in [9.17, 15) is 14.4 Å². The van der Waals surface area contributed by atoms with Gasteiger partial charge in [0.1, 0.15) is 5.75 Å². The first-order valence-corrected chi connectivity index (χ1v) is 6.52. The molecule has 0 aromatic heterocycles. The van der Waals surface area contributed by atoms with Crippen molar-refractivity contribution >= 4 is 35.0 Å². The van der Waals surface area contributed by atoms with E-state index in [4.69, 9.17) is 9.84 Å². The zero-order valence-corrected chi connectivity index (χ0v) is 11.3. The van der Waals surface area contributed by atoms with E-state index in [-0.39, 0.29) is 0 Å². The van der Waals surface area contributed by atoms with Crippen LogP contribution in [0.4, 0.5) is 4.79 Å². The van der Waals surface area contributed by atoms with Crippen LogP contribution < -0.4 is 10.1 Å². The van der Waals surface area contributed by atoms with Crippen LogP contribution in [-0.2, 0) is 9.59 Å². The highest BCUT2D eigenvalue weighted by Crippen LogP contribution is 2.26. The highest BCUT2D eigenvalue weighted by molar-refractivity contribution is 8.18. The Labute approximate surface area is 118 Å². The van der Waals surface area contributed by atoms with Crippen molar-refractivity contribution in [3.8, 4) is 5.75 Å². The Kier molecular flexibility index (Phi) is 4.09. The van der Waals surface area contributed by atoms with Crippen molar-refractivity contribution in [3.05, 3.63) is 34.7 Å². The van der Waals surface area contributed by atoms with E-state index in [0.29, 0.717) is 16.2 Å². The number of amides is 2. The summed E-state index contributed by atoms with van der Waals surface area (Å²) >= 11 is 0.840. The normalized spacial score (nSPS) is 17.9. The second kappa shape index (κ2) is 5.79. The average Bonchev–Trinajstić information content (AvgIpc) is 2.70. The number of thioether (sulfide) groups is 1. The molecule has 6 nitrogen and oxygen atoms in total. The Hall–Kier alpha value is -2.28. The van der Waals surface area contributed by atoms with E-state index in [1.807, 2.05) is 0 Å². The molecule has 1 aromatic rings. The summed E-state index contributed by atoms with van der Waals surface area (Å²) < 4.78 is 5.18. The lowest BCUT2D eigenvalue weighted by Gasteiger charge is -2.10. The van der Waals surface area contributed by atoms with Gasteiger partial charge < -0.3 is 9.84 Å². The van der Waals surface area contributed by atoms with E-state index in [1.54, 1.807) is 30.3 Å². The lowest BCUT2D eigenvalue weighted by molar-refractivity contribution is -0.144. The molecule has 0 aliphatic carbocycles. The van der Waals surface area contributed by atoms with Crippen LogP contribution in [-0.4, -0.2) is 28.3 Å². The lowest BCUT2D eigenvalue weighted by Crippen LogP contribution is -2.22. The lowest BCUT2D eigenvalue weighted by atomic mass is 10.2. The quantitative estimate of drug-likeness (QED) is 0.823. The van der Waals surface area contributed by atoms with Crippen LogP contribution in [0.25, 0.3) is 6.08 Å². The zero-order valence-electron chi connectivity index (χ0n) is 10.5. The third-order valence-corrected chi connectivity index (χ3v) is 3.29. The highest BCUT2D eigenvalue weighted by atomic mass is 32.2. The Bertz CT molecular complexity index is 593. The van der Waals surface area contributed by atoms with Crippen LogP contribution in [0.2, 0.25) is 0 Å². The topological polar surface area (TPSA) is 92.7 Å². The maximum atomic E-state index is 11.4. The van der Waals surface area contributed by atoms with Crippen molar-refractivity contribution in [1.82, 2.24) is 5.32 Å². The Morgan fingerprint density at radius 2 is 2.00 bits per heavy atom. The molecule has 1 aromatic carbocycles. The number of aliphatic carboxylic acids is 1. The predicted octanol–water partition coefficient (Wildman–Crippen LogP) is 1.86.